The summed E-state index contributed by atoms with van der Waals surface area (Å²) in [5, 5.41) is 2.96. The largest absolute Gasteiger partial charge is 0.487 e. The van der Waals surface area contributed by atoms with Gasteiger partial charge >= 0.3 is 0 Å². The first-order valence-electron chi connectivity index (χ1n) is 11.9. The first-order chi connectivity index (χ1) is 17.0. The van der Waals surface area contributed by atoms with Crippen LogP contribution in [0, 0.1) is 12.8 Å². The summed E-state index contributed by atoms with van der Waals surface area (Å²) >= 11 is 0. The van der Waals surface area contributed by atoms with E-state index >= 15 is 0 Å². The van der Waals surface area contributed by atoms with Crippen molar-refractivity contribution in [2.45, 2.75) is 26.4 Å². The fourth-order valence-electron chi connectivity index (χ4n) is 4.43. The van der Waals surface area contributed by atoms with Crippen molar-refractivity contribution in [3.63, 3.8) is 0 Å². The quantitative estimate of drug-likeness (QED) is 0.445. The van der Waals surface area contributed by atoms with Gasteiger partial charge in [-0.15, -0.1) is 0 Å². The van der Waals surface area contributed by atoms with Crippen LogP contribution in [0.4, 0.5) is 5.69 Å². The first-order valence-corrected chi connectivity index (χ1v) is 11.9. The van der Waals surface area contributed by atoms with E-state index in [-0.39, 0.29) is 17.7 Å². The SMILES string of the molecule is Cc1ccc2nc(COc3cccc(C(=O)N4CCCC(C(=O)Nc5ccccc5)C4)c3)cn2c1. The van der Waals surface area contributed by atoms with E-state index in [4.69, 9.17) is 4.74 Å². The highest BCUT2D eigenvalue weighted by molar-refractivity contribution is 5.96. The van der Waals surface area contributed by atoms with Crippen LogP contribution >= 0.6 is 0 Å². The molecule has 1 N–H and O–H groups in total. The average molecular weight is 469 g/mol. The number of benzene rings is 2. The summed E-state index contributed by atoms with van der Waals surface area (Å²) in [6.07, 6.45) is 5.54. The normalized spacial score (nSPS) is 15.7. The number of imidazole rings is 1. The Bertz CT molecular complexity index is 1350. The van der Waals surface area contributed by atoms with Crippen LogP contribution in [-0.2, 0) is 11.4 Å². The number of pyridine rings is 1. The van der Waals surface area contributed by atoms with Gasteiger partial charge in [-0.2, -0.15) is 0 Å². The van der Waals surface area contributed by atoms with E-state index in [0.717, 1.165) is 35.4 Å². The molecule has 2 aromatic carbocycles. The number of nitrogens with one attached hydrogen (secondary N) is 1. The Balaban J connectivity index is 1.21. The number of rotatable bonds is 6. The number of ether oxygens (including phenoxy) is 1. The molecule has 7 heteroatoms. The number of fused-ring (bicyclic) bond motifs is 1. The number of aromatic nitrogens is 2. The molecule has 0 bridgehead atoms. The minimum Gasteiger partial charge on any atom is -0.487 e. The lowest BCUT2D eigenvalue weighted by atomic mass is 9.96. The minimum absolute atomic E-state index is 0.0477. The van der Waals surface area contributed by atoms with E-state index < -0.39 is 0 Å². The molecule has 1 fully saturated rings. The Morgan fingerprint density at radius 3 is 2.77 bits per heavy atom. The van der Waals surface area contributed by atoms with Gasteiger partial charge < -0.3 is 19.4 Å². The summed E-state index contributed by atoms with van der Waals surface area (Å²) in [7, 11) is 0. The molecule has 1 saturated heterocycles. The summed E-state index contributed by atoms with van der Waals surface area (Å²) in [6, 6.07) is 20.6. The maximum absolute atomic E-state index is 13.2. The van der Waals surface area contributed by atoms with E-state index in [9.17, 15) is 9.59 Å². The number of anilines is 1. The van der Waals surface area contributed by atoms with Gasteiger partial charge in [0.1, 0.15) is 18.0 Å². The van der Waals surface area contributed by atoms with Gasteiger partial charge in [0.05, 0.1) is 11.6 Å². The molecular weight excluding hydrogens is 440 g/mol. The van der Waals surface area contributed by atoms with Crippen LogP contribution in [0.2, 0.25) is 0 Å². The lowest BCUT2D eigenvalue weighted by molar-refractivity contribution is -0.121. The number of hydrogen-bond donors (Lipinski definition) is 1. The predicted octanol–water partition coefficient (Wildman–Crippen LogP) is 4.71. The van der Waals surface area contributed by atoms with Crippen LogP contribution < -0.4 is 10.1 Å². The summed E-state index contributed by atoms with van der Waals surface area (Å²) in [6.45, 7) is 3.39. The number of amides is 2. The second kappa shape index (κ2) is 10.0. The molecule has 0 spiro atoms. The van der Waals surface area contributed by atoms with Gasteiger partial charge in [-0.25, -0.2) is 4.98 Å². The Kier molecular flexibility index (Phi) is 6.48. The molecule has 3 heterocycles. The molecule has 0 aliphatic carbocycles. The molecule has 7 nitrogen and oxygen atoms in total. The third-order valence-electron chi connectivity index (χ3n) is 6.24. The van der Waals surface area contributed by atoms with Gasteiger partial charge in [0.15, 0.2) is 0 Å². The molecule has 2 amide bonds. The maximum atomic E-state index is 13.2. The molecule has 35 heavy (non-hydrogen) atoms. The number of piperidine rings is 1. The molecule has 2 aromatic heterocycles. The topological polar surface area (TPSA) is 75.9 Å². The molecule has 0 saturated carbocycles. The third kappa shape index (κ3) is 5.35. The Hall–Kier alpha value is -4.13. The van der Waals surface area contributed by atoms with Crippen molar-refractivity contribution in [2.24, 2.45) is 5.92 Å². The highest BCUT2D eigenvalue weighted by Gasteiger charge is 2.29. The van der Waals surface area contributed by atoms with Crippen molar-refractivity contribution >= 4 is 23.1 Å². The molecule has 1 atom stereocenters. The molecule has 1 aliphatic rings. The van der Waals surface area contributed by atoms with Gasteiger partial charge in [0.2, 0.25) is 5.91 Å². The smallest absolute Gasteiger partial charge is 0.254 e. The summed E-state index contributed by atoms with van der Waals surface area (Å²) < 4.78 is 7.93. The van der Waals surface area contributed by atoms with Gasteiger partial charge in [-0.3, -0.25) is 9.59 Å². The van der Waals surface area contributed by atoms with Gasteiger partial charge in [-0.1, -0.05) is 30.3 Å². The fraction of sp³-hybridized carbons (Fsp3) is 0.250. The van der Waals surface area contributed by atoms with Crippen LogP contribution in [-0.4, -0.2) is 39.2 Å². The predicted molar refractivity (Wildman–Crippen MR) is 134 cm³/mol. The van der Waals surface area contributed by atoms with E-state index in [1.165, 1.54) is 0 Å². The summed E-state index contributed by atoms with van der Waals surface area (Å²) in [5.41, 5.74) is 4.17. The molecule has 0 radical (unpaired) electrons. The highest BCUT2D eigenvalue weighted by atomic mass is 16.5. The van der Waals surface area contributed by atoms with E-state index in [0.29, 0.717) is 31.0 Å². The molecule has 4 aromatic rings. The van der Waals surface area contributed by atoms with Gasteiger partial charge in [0.25, 0.3) is 5.91 Å². The monoisotopic (exact) mass is 468 g/mol. The number of carbonyl (C=O) groups is 2. The zero-order valence-electron chi connectivity index (χ0n) is 19.7. The first kappa shape index (κ1) is 22.7. The summed E-state index contributed by atoms with van der Waals surface area (Å²) in [5.74, 6) is 0.245. The molecule has 178 valence electrons. The second-order valence-electron chi connectivity index (χ2n) is 8.97. The zero-order chi connectivity index (χ0) is 24.2. The molecule has 1 unspecified atom stereocenters. The Morgan fingerprint density at radius 2 is 1.91 bits per heavy atom. The number of likely N-dealkylation sites (tertiary alicyclic amines) is 1. The minimum atomic E-state index is -0.231. The van der Waals surface area contributed by atoms with Crippen LogP contribution in [0.25, 0.3) is 5.65 Å². The van der Waals surface area contributed by atoms with Crippen LogP contribution in [0.3, 0.4) is 0 Å². The lowest BCUT2D eigenvalue weighted by Crippen LogP contribution is -2.43. The number of aryl methyl sites for hydroxylation is 1. The number of hydrogen-bond acceptors (Lipinski definition) is 4. The van der Waals surface area contributed by atoms with Crippen LogP contribution in [0.1, 0.15) is 34.5 Å². The Morgan fingerprint density at radius 1 is 1.06 bits per heavy atom. The highest BCUT2D eigenvalue weighted by Crippen LogP contribution is 2.22. The fourth-order valence-corrected chi connectivity index (χ4v) is 4.43. The third-order valence-corrected chi connectivity index (χ3v) is 6.24. The second-order valence-corrected chi connectivity index (χ2v) is 8.97. The standard InChI is InChI=1S/C28H28N4O3/c1-20-12-13-26-29-24(18-32(26)16-20)19-35-25-11-5-7-21(15-25)28(34)31-14-6-8-22(17-31)27(33)30-23-9-3-2-4-10-23/h2-5,7,9-13,15-16,18,22H,6,8,14,17,19H2,1H3,(H,30,33). The molecule has 1 aliphatic heterocycles. The van der Waals surface area contributed by atoms with E-state index in [1.54, 1.807) is 17.0 Å². The Labute approximate surface area is 204 Å². The van der Waals surface area contributed by atoms with Crippen molar-refractivity contribution < 1.29 is 14.3 Å². The van der Waals surface area contributed by atoms with Crippen molar-refractivity contribution in [3.05, 3.63) is 95.9 Å². The van der Waals surface area contributed by atoms with Crippen molar-refractivity contribution in [3.8, 4) is 5.75 Å². The number of para-hydroxylation sites is 1. The van der Waals surface area contributed by atoms with E-state index in [1.807, 2.05) is 78.3 Å². The lowest BCUT2D eigenvalue weighted by Gasteiger charge is -2.32. The van der Waals surface area contributed by atoms with Crippen molar-refractivity contribution in [1.82, 2.24) is 14.3 Å². The van der Waals surface area contributed by atoms with E-state index in [2.05, 4.69) is 10.3 Å². The van der Waals surface area contributed by atoms with Crippen molar-refractivity contribution in [2.75, 3.05) is 18.4 Å². The molecule has 5 rings (SSSR count). The van der Waals surface area contributed by atoms with Crippen molar-refractivity contribution in [1.29, 1.82) is 0 Å². The average Bonchev–Trinajstić information content (AvgIpc) is 3.30. The maximum Gasteiger partial charge on any atom is 0.254 e. The molecular formula is C28H28N4O3. The van der Waals surface area contributed by atoms with Crippen LogP contribution in [0.5, 0.6) is 5.75 Å². The number of nitrogens with zero attached hydrogens (tertiary/aromatic N) is 3. The van der Waals surface area contributed by atoms with Gasteiger partial charge in [0, 0.05) is 36.7 Å². The number of carbonyl (C=O) groups excluding carboxylic acids is 2. The van der Waals surface area contributed by atoms with Crippen LogP contribution in [0.15, 0.2) is 79.1 Å². The zero-order valence-corrected chi connectivity index (χ0v) is 19.7. The summed E-state index contributed by atoms with van der Waals surface area (Å²) in [4.78, 5) is 32.3. The van der Waals surface area contributed by atoms with Gasteiger partial charge in [-0.05, 0) is 61.7 Å².